The molecule has 2 aromatic heterocycles. The first-order valence-electron chi connectivity index (χ1n) is 12.0. The molecule has 16 heteroatoms. The summed E-state index contributed by atoms with van der Waals surface area (Å²) in [6.45, 7) is 3.90. The largest absolute Gasteiger partial charge is 2.00 e. The molecule has 0 N–H and O–H groups in total. The summed E-state index contributed by atoms with van der Waals surface area (Å²) in [5.74, 6) is -0.0195. The molecular formula is C28H26Cu2N6O8. The third kappa shape index (κ3) is 18.5. The van der Waals surface area contributed by atoms with E-state index in [9.17, 15) is 10.2 Å². The Morgan fingerprint density at radius 3 is 1.16 bits per heavy atom. The summed E-state index contributed by atoms with van der Waals surface area (Å²) in [6, 6.07) is 25.0. The maximum Gasteiger partial charge on any atom is 2.00 e. The summed E-state index contributed by atoms with van der Waals surface area (Å²) in [7, 11) is 0. The van der Waals surface area contributed by atoms with E-state index in [1.165, 1.54) is 12.1 Å². The number of nitrogens with zero attached hydrogens (tertiary/aromatic N) is 6. The van der Waals surface area contributed by atoms with E-state index in [-0.39, 0.29) is 57.7 Å². The number of hydrogen-bond donors (Lipinski definition) is 0. The molecule has 0 aliphatic carbocycles. The van der Waals surface area contributed by atoms with Crippen LogP contribution in [0.3, 0.4) is 0 Å². The van der Waals surface area contributed by atoms with Crippen LogP contribution in [0.15, 0.2) is 107 Å². The number of aliphatic imine (C=N–C) groups is 2. The smallest absolute Gasteiger partial charge is 0.872 e. The molecule has 238 valence electrons. The van der Waals surface area contributed by atoms with Gasteiger partial charge in [-0.15, -0.1) is 11.5 Å². The van der Waals surface area contributed by atoms with Crippen molar-refractivity contribution in [3.8, 4) is 11.5 Å². The predicted octanol–water partition coefficient (Wildman–Crippen LogP) is 4.19. The molecule has 14 nitrogen and oxygen atoms in total. The third-order valence-electron chi connectivity index (χ3n) is 4.94. The van der Waals surface area contributed by atoms with E-state index in [4.69, 9.17) is 30.6 Å². The van der Waals surface area contributed by atoms with Crippen LogP contribution in [0.4, 0.5) is 0 Å². The summed E-state index contributed by atoms with van der Waals surface area (Å²) in [5.41, 5.74) is 3.00. The fourth-order valence-corrected chi connectivity index (χ4v) is 2.96. The van der Waals surface area contributed by atoms with Crippen LogP contribution < -0.4 is 10.2 Å². The quantitative estimate of drug-likeness (QED) is 0.120. The molecule has 2 aromatic carbocycles. The predicted molar refractivity (Wildman–Crippen MR) is 153 cm³/mol. The summed E-state index contributed by atoms with van der Waals surface area (Å²) in [6.07, 6.45) is 6.70. The van der Waals surface area contributed by atoms with Crippen LogP contribution in [0.2, 0.25) is 0 Å². The summed E-state index contributed by atoms with van der Waals surface area (Å²) in [4.78, 5) is 33.6. The normalized spacial score (nSPS) is 11.0. The van der Waals surface area contributed by atoms with Crippen molar-refractivity contribution in [2.45, 2.75) is 25.9 Å². The third-order valence-corrected chi connectivity index (χ3v) is 4.94. The maximum atomic E-state index is 11.5. The monoisotopic (exact) mass is 700 g/mol. The van der Waals surface area contributed by atoms with E-state index in [1.54, 1.807) is 49.1 Å². The minimum atomic E-state index is -1.75. The van der Waals surface area contributed by atoms with E-state index in [0.717, 1.165) is 11.4 Å². The van der Waals surface area contributed by atoms with E-state index >= 15 is 0 Å². The zero-order valence-electron chi connectivity index (χ0n) is 23.1. The Kier molecular flexibility index (Phi) is 22.2. The summed E-state index contributed by atoms with van der Waals surface area (Å²) in [5, 5.41) is 52.4. The Labute approximate surface area is 274 Å². The SMILES string of the molecule is C[C@@H](N=Cc1ccccc1[O-])c1ccccn1.C[C@H](N=Cc1ccccc1[O-])c1ccccn1.O=[N+]([O-])[O-].O=[N+]([O-])[O-].[Cu+2].[Cu+2]. The van der Waals surface area contributed by atoms with Crippen molar-refractivity contribution >= 4 is 12.4 Å². The van der Waals surface area contributed by atoms with Gasteiger partial charge in [-0.3, -0.25) is 20.0 Å². The fraction of sp³-hybridized carbons (Fsp3) is 0.143. The van der Waals surface area contributed by atoms with Gasteiger partial charge in [0.2, 0.25) is 0 Å². The van der Waals surface area contributed by atoms with Gasteiger partial charge in [-0.05, 0) is 49.2 Å². The minimum Gasteiger partial charge on any atom is -0.872 e. The van der Waals surface area contributed by atoms with Crippen LogP contribution in [0, 0.1) is 30.6 Å². The Balaban J connectivity index is 0. The Morgan fingerprint density at radius 2 is 0.886 bits per heavy atom. The van der Waals surface area contributed by atoms with Gasteiger partial charge in [-0.2, -0.15) is 0 Å². The Bertz CT molecular complexity index is 1320. The van der Waals surface area contributed by atoms with Crippen molar-refractivity contribution in [2.24, 2.45) is 9.98 Å². The molecule has 0 amide bonds. The first-order valence-corrected chi connectivity index (χ1v) is 12.0. The molecule has 0 saturated heterocycles. The number of benzene rings is 2. The molecule has 4 rings (SSSR count). The molecule has 4 aromatic rings. The molecular weight excluding hydrogens is 675 g/mol. The second-order valence-corrected chi connectivity index (χ2v) is 7.94. The van der Waals surface area contributed by atoms with Crippen molar-refractivity contribution in [1.82, 2.24) is 9.97 Å². The Hall–Kier alpha value is -4.88. The van der Waals surface area contributed by atoms with Crippen LogP contribution in [0.5, 0.6) is 11.5 Å². The molecule has 0 bridgehead atoms. The number of hydrogen-bond acceptors (Lipinski definition) is 12. The minimum absolute atomic E-state index is 0. The standard InChI is InChI=1S/2C14H14N2O.2Cu.2NO3/c2*1-11(13-7-4-5-9-15-13)16-10-12-6-2-3-8-14(12)17;;;2*2-1(3)4/h2*2-11,17H,1H3;;;;/q;;2*+2;2*-1/p-2/t2*11-;;;;/m10..../s1. The van der Waals surface area contributed by atoms with Crippen molar-refractivity contribution in [1.29, 1.82) is 0 Å². The van der Waals surface area contributed by atoms with Crippen LogP contribution >= 0.6 is 0 Å². The second kappa shape index (κ2) is 23.7. The molecule has 0 saturated carbocycles. The first kappa shape index (κ1) is 41.3. The Morgan fingerprint density at radius 1 is 0.591 bits per heavy atom. The molecule has 0 aliphatic rings. The number of pyridine rings is 2. The van der Waals surface area contributed by atoms with E-state index in [0.29, 0.717) is 11.1 Å². The van der Waals surface area contributed by atoms with Gasteiger partial charge < -0.3 is 40.9 Å². The average Bonchev–Trinajstić information content (AvgIpc) is 2.97. The topological polar surface area (TPSA) is 229 Å². The molecule has 0 fully saturated rings. The van der Waals surface area contributed by atoms with Gasteiger partial charge in [0.05, 0.1) is 33.6 Å². The summed E-state index contributed by atoms with van der Waals surface area (Å²) < 4.78 is 0. The van der Waals surface area contributed by atoms with Gasteiger partial charge >= 0.3 is 34.1 Å². The maximum absolute atomic E-state index is 11.5. The van der Waals surface area contributed by atoms with Gasteiger partial charge in [0.1, 0.15) is 0 Å². The first-order chi connectivity index (χ1) is 20.0. The number of rotatable bonds is 6. The zero-order chi connectivity index (χ0) is 31.3. The van der Waals surface area contributed by atoms with E-state index in [1.807, 2.05) is 62.4 Å². The van der Waals surface area contributed by atoms with Gasteiger partial charge in [0, 0.05) is 24.8 Å². The average molecular weight is 702 g/mol. The summed E-state index contributed by atoms with van der Waals surface area (Å²) >= 11 is 0. The fourth-order valence-electron chi connectivity index (χ4n) is 2.96. The van der Waals surface area contributed by atoms with Crippen molar-refractivity contribution in [3.05, 3.63) is 150 Å². The molecule has 0 spiro atoms. The van der Waals surface area contributed by atoms with Crippen LogP contribution in [-0.2, 0) is 34.1 Å². The van der Waals surface area contributed by atoms with Gasteiger partial charge in [-0.1, -0.05) is 60.7 Å². The van der Waals surface area contributed by atoms with Crippen LogP contribution in [-0.4, -0.2) is 32.6 Å². The van der Waals surface area contributed by atoms with Crippen LogP contribution in [0.1, 0.15) is 48.4 Å². The van der Waals surface area contributed by atoms with Gasteiger partial charge in [0.15, 0.2) is 0 Å². The molecule has 0 unspecified atom stereocenters. The van der Waals surface area contributed by atoms with Gasteiger partial charge in [-0.25, -0.2) is 0 Å². The van der Waals surface area contributed by atoms with Crippen molar-refractivity contribution in [3.63, 3.8) is 0 Å². The molecule has 2 radical (unpaired) electrons. The van der Waals surface area contributed by atoms with E-state index in [2.05, 4.69) is 20.0 Å². The molecule has 44 heavy (non-hydrogen) atoms. The zero-order valence-corrected chi connectivity index (χ0v) is 25.0. The second-order valence-electron chi connectivity index (χ2n) is 7.94. The number of aromatic nitrogens is 2. The van der Waals surface area contributed by atoms with Crippen molar-refractivity contribution < 1.29 is 54.5 Å². The molecule has 0 aliphatic heterocycles. The van der Waals surface area contributed by atoms with E-state index < -0.39 is 10.2 Å². The van der Waals surface area contributed by atoms with Gasteiger partial charge in [0.25, 0.3) is 0 Å². The number of para-hydroxylation sites is 2. The molecule has 2 atom stereocenters. The van der Waals surface area contributed by atoms with Crippen molar-refractivity contribution in [2.75, 3.05) is 0 Å². The molecule has 2 heterocycles. The van der Waals surface area contributed by atoms with Crippen LogP contribution in [0.25, 0.3) is 0 Å².